The molecule has 3 rings (SSSR count). The number of hydrogen-bond donors (Lipinski definition) is 7. The summed E-state index contributed by atoms with van der Waals surface area (Å²) < 4.78 is 3.77. The number of benzene rings is 1. The number of rotatable bonds is 7. The van der Waals surface area contributed by atoms with Gasteiger partial charge in [-0.2, -0.15) is 4.37 Å². The van der Waals surface area contributed by atoms with Crippen LogP contribution in [0.1, 0.15) is 20.8 Å². The maximum atomic E-state index is 12.6. The zero-order valence-electron chi connectivity index (χ0n) is 15.7. The van der Waals surface area contributed by atoms with Gasteiger partial charge in [0.25, 0.3) is 5.91 Å². The first kappa shape index (κ1) is 23.2. The molecule has 14 heteroatoms. The second-order valence-corrected chi connectivity index (χ2v) is 8.76. The van der Waals surface area contributed by atoms with E-state index < -0.39 is 24.6 Å². The Morgan fingerprint density at radius 1 is 1.35 bits per heavy atom. The minimum absolute atomic E-state index is 0.0118. The van der Waals surface area contributed by atoms with Crippen molar-refractivity contribution in [2.45, 2.75) is 13.2 Å². The number of nitrogens with zero attached hydrogens (tertiary/aromatic N) is 2. The van der Waals surface area contributed by atoms with Crippen molar-refractivity contribution >= 4 is 73.6 Å². The van der Waals surface area contributed by atoms with Gasteiger partial charge < -0.3 is 31.3 Å². The predicted octanol–water partition coefficient (Wildman–Crippen LogP) is 3.14. The fourth-order valence-electron chi connectivity index (χ4n) is 2.45. The van der Waals surface area contributed by atoms with E-state index in [1.807, 2.05) is 0 Å². The normalized spacial score (nSPS) is 11.8. The van der Waals surface area contributed by atoms with Crippen molar-refractivity contribution < 1.29 is 20.1 Å². The van der Waals surface area contributed by atoms with Gasteiger partial charge in [-0.3, -0.25) is 10.2 Å². The van der Waals surface area contributed by atoms with Crippen molar-refractivity contribution in [2.24, 2.45) is 0 Å². The number of aliphatic hydroxyl groups is 2. The van der Waals surface area contributed by atoms with Crippen LogP contribution in [0.5, 0.6) is 5.88 Å². The van der Waals surface area contributed by atoms with Crippen LogP contribution in [0.15, 0.2) is 18.3 Å². The molecule has 0 bridgehead atoms. The van der Waals surface area contributed by atoms with Gasteiger partial charge in [0.05, 0.1) is 23.5 Å². The summed E-state index contributed by atoms with van der Waals surface area (Å²) in [5, 5.41) is 45.5. The number of carbonyl (C=O) groups excluding carboxylic acids is 1. The summed E-state index contributed by atoms with van der Waals surface area (Å²) >= 11 is 14.0. The fourth-order valence-corrected chi connectivity index (χ4v) is 4.57. The van der Waals surface area contributed by atoms with Crippen molar-refractivity contribution in [1.29, 1.82) is 5.41 Å². The van der Waals surface area contributed by atoms with Crippen molar-refractivity contribution in [2.75, 3.05) is 17.2 Å². The largest absolute Gasteiger partial charge is 0.492 e. The molecule has 10 nitrogen and oxygen atoms in total. The van der Waals surface area contributed by atoms with Gasteiger partial charge in [0, 0.05) is 5.02 Å². The Kier molecular flexibility index (Phi) is 7.30. The van der Waals surface area contributed by atoms with Crippen LogP contribution >= 0.6 is 46.1 Å². The number of amides is 1. The van der Waals surface area contributed by atoms with Gasteiger partial charge in [-0.15, -0.1) is 0 Å². The van der Waals surface area contributed by atoms with Crippen LogP contribution in [0.2, 0.25) is 10.0 Å². The van der Waals surface area contributed by atoms with Crippen LogP contribution in [0.3, 0.4) is 0 Å². The topological polar surface area (TPSA) is 163 Å². The summed E-state index contributed by atoms with van der Waals surface area (Å²) in [5.41, 5.74) is 1.13. The molecule has 164 valence electrons. The van der Waals surface area contributed by atoms with E-state index in [1.54, 1.807) is 13.0 Å². The zero-order valence-corrected chi connectivity index (χ0v) is 18.9. The van der Waals surface area contributed by atoms with Crippen LogP contribution in [-0.4, -0.2) is 49.3 Å². The summed E-state index contributed by atoms with van der Waals surface area (Å²) in [6, 6.07) is 3.21. The third-order valence-electron chi connectivity index (χ3n) is 3.85. The SMILES string of the molecule is Cc1cc(Cl)cc(Cl)c1NC(=O)c1cnc(Nc2snc(O)c2C(=N)NC(O)CO)s1. The number of aromatic nitrogens is 2. The summed E-state index contributed by atoms with van der Waals surface area (Å²) in [5.74, 6) is -1.21. The van der Waals surface area contributed by atoms with E-state index in [1.165, 1.54) is 12.3 Å². The van der Waals surface area contributed by atoms with E-state index in [-0.39, 0.29) is 21.3 Å². The highest BCUT2D eigenvalue weighted by Crippen LogP contribution is 2.34. The van der Waals surface area contributed by atoms with Gasteiger partial charge in [-0.25, -0.2) is 4.98 Å². The van der Waals surface area contributed by atoms with E-state index in [0.717, 1.165) is 22.9 Å². The molecule has 3 aromatic rings. The van der Waals surface area contributed by atoms with Gasteiger partial charge in [-0.05, 0) is 36.2 Å². The lowest BCUT2D eigenvalue weighted by atomic mass is 10.2. The molecule has 1 unspecified atom stereocenters. The van der Waals surface area contributed by atoms with E-state index in [2.05, 4.69) is 25.3 Å². The molecule has 0 aliphatic heterocycles. The van der Waals surface area contributed by atoms with E-state index >= 15 is 0 Å². The number of anilines is 3. The van der Waals surface area contributed by atoms with E-state index in [9.17, 15) is 15.0 Å². The lowest BCUT2D eigenvalue weighted by molar-refractivity contribution is 0.0840. The summed E-state index contributed by atoms with van der Waals surface area (Å²) in [4.78, 5) is 17.0. The number of hydrogen-bond acceptors (Lipinski definition) is 10. The highest BCUT2D eigenvalue weighted by atomic mass is 35.5. The average Bonchev–Trinajstić information content (AvgIpc) is 3.31. The molecule has 0 spiro atoms. The lowest BCUT2D eigenvalue weighted by Crippen LogP contribution is -2.37. The molecule has 1 aromatic carbocycles. The van der Waals surface area contributed by atoms with E-state index in [0.29, 0.717) is 26.4 Å². The minimum Gasteiger partial charge on any atom is -0.492 e. The highest BCUT2D eigenvalue weighted by molar-refractivity contribution is 7.18. The van der Waals surface area contributed by atoms with Crippen LogP contribution in [0, 0.1) is 12.3 Å². The number of carbonyl (C=O) groups is 1. The molecule has 0 saturated carbocycles. The van der Waals surface area contributed by atoms with Crippen LogP contribution in [-0.2, 0) is 0 Å². The van der Waals surface area contributed by atoms with E-state index in [4.69, 9.17) is 33.7 Å². The minimum atomic E-state index is -1.38. The second kappa shape index (κ2) is 9.77. The van der Waals surface area contributed by atoms with Crippen LogP contribution < -0.4 is 16.0 Å². The maximum absolute atomic E-state index is 12.6. The lowest BCUT2D eigenvalue weighted by Gasteiger charge is -2.12. The molecule has 31 heavy (non-hydrogen) atoms. The van der Waals surface area contributed by atoms with Crippen molar-refractivity contribution in [3.8, 4) is 5.88 Å². The molecule has 0 saturated heterocycles. The number of aromatic hydroxyl groups is 1. The predicted molar refractivity (Wildman–Crippen MR) is 121 cm³/mol. The monoisotopic (exact) mass is 502 g/mol. The quantitative estimate of drug-likeness (QED) is 0.147. The summed E-state index contributed by atoms with van der Waals surface area (Å²) in [7, 11) is 0. The Bertz CT molecular complexity index is 1110. The van der Waals surface area contributed by atoms with Gasteiger partial charge in [0.2, 0.25) is 5.88 Å². The first-order chi connectivity index (χ1) is 14.7. The number of thiazole rings is 1. The number of nitrogens with one attached hydrogen (secondary N) is 4. The standard InChI is InChI=1S/C17H16Cl2N6O4S2/c1-6-2-7(18)3-8(19)12(6)23-14(28)9-4-21-17(30-9)24-16-11(15(29)25-31-16)13(20)22-10(27)5-26/h2-4,10,26-27H,5H2,1H3,(H2,20,22)(H,21,24)(H,23,28)(H,25,29). The third-order valence-corrected chi connectivity index (χ3v) is 6.03. The number of halogens is 2. The number of aliphatic hydroxyl groups excluding tert-OH is 2. The molecule has 0 aliphatic carbocycles. The molecule has 0 fully saturated rings. The fraction of sp³-hybridized carbons (Fsp3) is 0.176. The summed E-state index contributed by atoms with van der Waals surface area (Å²) in [6.07, 6.45) is -0.0146. The Balaban J connectivity index is 1.75. The Morgan fingerprint density at radius 3 is 2.77 bits per heavy atom. The smallest absolute Gasteiger partial charge is 0.267 e. The van der Waals surface area contributed by atoms with Gasteiger partial charge in [0.15, 0.2) is 5.13 Å². The second-order valence-electron chi connectivity index (χ2n) is 6.12. The molecule has 1 amide bonds. The van der Waals surface area contributed by atoms with Gasteiger partial charge in [0.1, 0.15) is 27.5 Å². The summed E-state index contributed by atoms with van der Waals surface area (Å²) in [6.45, 7) is 1.15. The molecule has 2 aromatic heterocycles. The van der Waals surface area contributed by atoms with Crippen molar-refractivity contribution in [3.63, 3.8) is 0 Å². The first-order valence-corrected chi connectivity index (χ1v) is 10.9. The van der Waals surface area contributed by atoms with Crippen molar-refractivity contribution in [3.05, 3.63) is 44.4 Å². The highest BCUT2D eigenvalue weighted by Gasteiger charge is 2.21. The Hall–Kier alpha value is -2.48. The maximum Gasteiger partial charge on any atom is 0.267 e. The molecule has 1 atom stereocenters. The average molecular weight is 503 g/mol. The van der Waals surface area contributed by atoms with Crippen molar-refractivity contribution in [1.82, 2.24) is 14.7 Å². The third kappa shape index (κ3) is 5.42. The molecule has 2 heterocycles. The van der Waals surface area contributed by atoms with Crippen LogP contribution in [0.4, 0.5) is 15.8 Å². The Labute approximate surface area is 194 Å². The van der Waals surface area contributed by atoms with Gasteiger partial charge >= 0.3 is 0 Å². The molecular formula is C17H16Cl2N6O4S2. The molecule has 0 aliphatic rings. The first-order valence-electron chi connectivity index (χ1n) is 8.52. The van der Waals surface area contributed by atoms with Gasteiger partial charge in [-0.1, -0.05) is 34.5 Å². The van der Waals surface area contributed by atoms with Crippen LogP contribution in [0.25, 0.3) is 0 Å². The number of aryl methyl sites for hydroxylation is 1. The zero-order chi connectivity index (χ0) is 22.7. The molecule has 0 radical (unpaired) electrons. The Morgan fingerprint density at radius 2 is 2.10 bits per heavy atom. The molecule has 7 N–H and O–H groups in total. The molecular weight excluding hydrogens is 487 g/mol. The number of amidine groups is 1.